The first kappa shape index (κ1) is 17.3. The summed E-state index contributed by atoms with van der Waals surface area (Å²) in [6.45, 7) is 1.25. The minimum atomic E-state index is -3.67. The second kappa shape index (κ2) is 7.89. The Balaban J connectivity index is 2.74. The molecular weight excluding hydrogens is 288 g/mol. The minimum Gasteiger partial charge on any atom is -0.481 e. The van der Waals surface area contributed by atoms with Crippen LogP contribution in [0, 0.1) is 5.92 Å². The van der Waals surface area contributed by atoms with E-state index in [-0.39, 0.29) is 39.4 Å². The number of hydrogen-bond acceptors (Lipinski definition) is 5. The summed E-state index contributed by atoms with van der Waals surface area (Å²) < 4.78 is 37.2. The van der Waals surface area contributed by atoms with Crippen LogP contribution < -0.4 is 0 Å². The second-order valence-corrected chi connectivity index (χ2v) is 6.50. The van der Waals surface area contributed by atoms with Crippen molar-refractivity contribution < 1.29 is 27.8 Å². The Morgan fingerprint density at radius 1 is 1.30 bits per heavy atom. The van der Waals surface area contributed by atoms with Crippen LogP contribution in [-0.2, 0) is 24.5 Å². The van der Waals surface area contributed by atoms with Crippen molar-refractivity contribution in [3.05, 3.63) is 0 Å². The van der Waals surface area contributed by atoms with E-state index in [2.05, 4.69) is 0 Å². The van der Waals surface area contributed by atoms with E-state index in [0.29, 0.717) is 6.42 Å². The van der Waals surface area contributed by atoms with Crippen LogP contribution in [0.1, 0.15) is 6.42 Å². The van der Waals surface area contributed by atoms with Gasteiger partial charge in [0.2, 0.25) is 0 Å². The Kier molecular flexibility index (Phi) is 6.83. The van der Waals surface area contributed by atoms with Gasteiger partial charge in [0.25, 0.3) is 10.2 Å². The maximum atomic E-state index is 12.5. The predicted molar refractivity (Wildman–Crippen MR) is 71.6 cm³/mol. The van der Waals surface area contributed by atoms with Crippen LogP contribution in [0.3, 0.4) is 0 Å². The van der Waals surface area contributed by atoms with Crippen LogP contribution in [0.2, 0.25) is 0 Å². The lowest BCUT2D eigenvalue weighted by atomic mass is 10.1. The first-order valence-corrected chi connectivity index (χ1v) is 7.79. The molecule has 1 heterocycles. The number of carbonyl (C=O) groups is 1. The van der Waals surface area contributed by atoms with E-state index in [9.17, 15) is 13.2 Å². The van der Waals surface area contributed by atoms with Crippen LogP contribution in [-0.4, -0.2) is 81.7 Å². The van der Waals surface area contributed by atoms with Gasteiger partial charge in [-0.2, -0.15) is 17.0 Å². The molecule has 1 aliphatic rings. The summed E-state index contributed by atoms with van der Waals surface area (Å²) in [5.74, 6) is -1.58. The number of aliphatic carboxylic acids is 1. The molecule has 1 rings (SSSR count). The Bertz CT molecular complexity index is 405. The number of carboxylic acid groups (broad SMARTS) is 1. The Morgan fingerprint density at radius 2 is 1.85 bits per heavy atom. The second-order valence-electron chi connectivity index (χ2n) is 4.57. The lowest BCUT2D eigenvalue weighted by Gasteiger charge is -2.26. The van der Waals surface area contributed by atoms with Crippen molar-refractivity contribution in [3.63, 3.8) is 0 Å². The van der Waals surface area contributed by atoms with Gasteiger partial charge >= 0.3 is 5.97 Å². The number of rotatable bonds is 9. The third-order valence-electron chi connectivity index (χ3n) is 3.24. The zero-order valence-electron chi connectivity index (χ0n) is 11.8. The van der Waals surface area contributed by atoms with E-state index in [1.54, 1.807) is 0 Å². The smallest absolute Gasteiger partial charge is 0.307 e. The molecule has 0 saturated carbocycles. The van der Waals surface area contributed by atoms with E-state index in [4.69, 9.17) is 14.6 Å². The summed E-state index contributed by atoms with van der Waals surface area (Å²) in [6, 6.07) is 0. The van der Waals surface area contributed by atoms with Crippen LogP contribution >= 0.6 is 0 Å². The molecule has 20 heavy (non-hydrogen) atoms. The summed E-state index contributed by atoms with van der Waals surface area (Å²) in [6.07, 6.45) is 0.344. The molecule has 1 unspecified atom stereocenters. The van der Waals surface area contributed by atoms with Crippen molar-refractivity contribution in [2.24, 2.45) is 5.92 Å². The van der Waals surface area contributed by atoms with Crippen LogP contribution in [0.25, 0.3) is 0 Å². The normalized spacial score (nSPS) is 20.6. The molecule has 0 aromatic rings. The number of carboxylic acids is 1. The first-order valence-electron chi connectivity index (χ1n) is 6.39. The SMILES string of the molecule is COCCN(CCOC)S(=O)(=O)N1CCC(C(=O)O)C1. The summed E-state index contributed by atoms with van der Waals surface area (Å²) in [7, 11) is -0.673. The molecule has 9 heteroatoms. The molecule has 1 aliphatic heterocycles. The highest BCUT2D eigenvalue weighted by atomic mass is 32.2. The fourth-order valence-electron chi connectivity index (χ4n) is 2.03. The van der Waals surface area contributed by atoms with E-state index in [0.717, 1.165) is 0 Å². The van der Waals surface area contributed by atoms with Gasteiger partial charge < -0.3 is 14.6 Å². The van der Waals surface area contributed by atoms with Crippen molar-refractivity contribution in [1.29, 1.82) is 0 Å². The third-order valence-corrected chi connectivity index (χ3v) is 5.24. The van der Waals surface area contributed by atoms with Crippen LogP contribution in [0.5, 0.6) is 0 Å². The molecule has 1 N–H and O–H groups in total. The Hall–Kier alpha value is -0.740. The third kappa shape index (κ3) is 4.38. The molecule has 0 radical (unpaired) electrons. The van der Waals surface area contributed by atoms with Crippen molar-refractivity contribution in [1.82, 2.24) is 8.61 Å². The summed E-state index contributed by atoms with van der Waals surface area (Å²) in [4.78, 5) is 10.9. The lowest BCUT2D eigenvalue weighted by molar-refractivity contribution is -0.141. The van der Waals surface area contributed by atoms with Gasteiger partial charge in [0.1, 0.15) is 0 Å². The van der Waals surface area contributed by atoms with Gasteiger partial charge in [-0.15, -0.1) is 0 Å². The standard InChI is InChI=1S/C11H22N2O6S/c1-18-7-5-12(6-8-19-2)20(16,17)13-4-3-10(9-13)11(14)15/h10H,3-9H2,1-2H3,(H,14,15). The molecule has 118 valence electrons. The van der Waals surface area contributed by atoms with Gasteiger partial charge in [-0.25, -0.2) is 0 Å². The van der Waals surface area contributed by atoms with Gasteiger partial charge in [-0.1, -0.05) is 0 Å². The quantitative estimate of drug-likeness (QED) is 0.601. The van der Waals surface area contributed by atoms with E-state index in [1.807, 2.05) is 0 Å². The molecule has 0 amide bonds. The summed E-state index contributed by atoms with van der Waals surface area (Å²) in [5, 5.41) is 8.94. The average molecular weight is 310 g/mol. The molecular formula is C11H22N2O6S. The van der Waals surface area contributed by atoms with Gasteiger partial charge in [0, 0.05) is 40.4 Å². The van der Waals surface area contributed by atoms with E-state index in [1.165, 1.54) is 22.8 Å². The van der Waals surface area contributed by atoms with Gasteiger partial charge in [-0.3, -0.25) is 4.79 Å². The summed E-state index contributed by atoms with van der Waals surface area (Å²) >= 11 is 0. The van der Waals surface area contributed by atoms with E-state index >= 15 is 0 Å². The fourth-order valence-corrected chi connectivity index (χ4v) is 3.67. The first-order chi connectivity index (χ1) is 9.43. The van der Waals surface area contributed by atoms with Crippen molar-refractivity contribution in [2.45, 2.75) is 6.42 Å². The molecule has 0 aromatic carbocycles. The highest BCUT2D eigenvalue weighted by molar-refractivity contribution is 7.86. The molecule has 1 atom stereocenters. The molecule has 0 bridgehead atoms. The maximum Gasteiger partial charge on any atom is 0.307 e. The molecule has 1 saturated heterocycles. The summed E-state index contributed by atoms with van der Waals surface area (Å²) in [5.41, 5.74) is 0. The average Bonchev–Trinajstić information content (AvgIpc) is 2.89. The number of methoxy groups -OCH3 is 2. The number of ether oxygens (including phenoxy) is 2. The molecule has 8 nitrogen and oxygen atoms in total. The van der Waals surface area contributed by atoms with Crippen LogP contribution in [0.4, 0.5) is 0 Å². The predicted octanol–water partition coefficient (Wildman–Crippen LogP) is -0.767. The zero-order chi connectivity index (χ0) is 15.2. The molecule has 0 aliphatic carbocycles. The number of hydrogen-bond donors (Lipinski definition) is 1. The van der Waals surface area contributed by atoms with Crippen molar-refractivity contribution >= 4 is 16.2 Å². The minimum absolute atomic E-state index is 0.0220. The zero-order valence-corrected chi connectivity index (χ0v) is 12.6. The van der Waals surface area contributed by atoms with Gasteiger partial charge in [-0.05, 0) is 6.42 Å². The van der Waals surface area contributed by atoms with Crippen LogP contribution in [0.15, 0.2) is 0 Å². The maximum absolute atomic E-state index is 12.5. The monoisotopic (exact) mass is 310 g/mol. The Morgan fingerprint density at radius 3 is 2.25 bits per heavy atom. The highest BCUT2D eigenvalue weighted by Crippen LogP contribution is 2.21. The molecule has 0 aromatic heterocycles. The van der Waals surface area contributed by atoms with Crippen molar-refractivity contribution in [3.8, 4) is 0 Å². The molecule has 0 spiro atoms. The molecule has 1 fully saturated rings. The Labute approximate surface area is 119 Å². The fraction of sp³-hybridized carbons (Fsp3) is 0.909. The lowest BCUT2D eigenvalue weighted by Crippen LogP contribution is -2.45. The van der Waals surface area contributed by atoms with Gasteiger partial charge in [0.05, 0.1) is 19.1 Å². The van der Waals surface area contributed by atoms with Gasteiger partial charge in [0.15, 0.2) is 0 Å². The number of nitrogens with zero attached hydrogens (tertiary/aromatic N) is 2. The largest absolute Gasteiger partial charge is 0.481 e. The van der Waals surface area contributed by atoms with Crippen molar-refractivity contribution in [2.75, 3.05) is 53.6 Å². The highest BCUT2D eigenvalue weighted by Gasteiger charge is 2.37. The van der Waals surface area contributed by atoms with E-state index < -0.39 is 22.1 Å². The topological polar surface area (TPSA) is 96.4 Å².